The van der Waals surface area contributed by atoms with E-state index in [4.69, 9.17) is 11.2 Å². The molecule has 0 unspecified atom stereocenters. The Bertz CT molecular complexity index is 822. The van der Waals surface area contributed by atoms with Gasteiger partial charge in [0, 0.05) is 0 Å². The van der Waals surface area contributed by atoms with Gasteiger partial charge in [-0.15, -0.1) is 6.42 Å². The number of para-hydroxylation sites is 1. The van der Waals surface area contributed by atoms with E-state index in [0.29, 0.717) is 11.3 Å². The molecule has 2 rings (SSSR count). The van der Waals surface area contributed by atoms with Gasteiger partial charge in [-0.3, -0.25) is 9.59 Å². The fourth-order valence-electron chi connectivity index (χ4n) is 2.37. The molecular formula is C20H20N2O3. The Morgan fingerprint density at radius 1 is 1.20 bits per heavy atom. The van der Waals surface area contributed by atoms with Crippen molar-refractivity contribution in [1.82, 2.24) is 5.32 Å². The lowest BCUT2D eigenvalue weighted by atomic mass is 10.1. The van der Waals surface area contributed by atoms with Gasteiger partial charge < -0.3 is 15.4 Å². The van der Waals surface area contributed by atoms with Crippen LogP contribution in [0.5, 0.6) is 5.75 Å². The molecule has 0 aliphatic carbocycles. The van der Waals surface area contributed by atoms with Gasteiger partial charge in [0.25, 0.3) is 5.91 Å². The molecule has 0 heterocycles. The van der Waals surface area contributed by atoms with Crippen LogP contribution >= 0.6 is 0 Å². The molecular weight excluding hydrogens is 316 g/mol. The first-order valence-corrected chi connectivity index (χ1v) is 7.79. The van der Waals surface area contributed by atoms with Crippen molar-refractivity contribution in [2.45, 2.75) is 13.3 Å². The number of aryl methyl sites for hydroxylation is 1. The Kier molecular flexibility index (Phi) is 6.19. The summed E-state index contributed by atoms with van der Waals surface area (Å²) in [7, 11) is 1.59. The van der Waals surface area contributed by atoms with Gasteiger partial charge >= 0.3 is 0 Å². The van der Waals surface area contributed by atoms with Crippen molar-refractivity contribution in [3.63, 3.8) is 0 Å². The van der Waals surface area contributed by atoms with Crippen LogP contribution in [0.3, 0.4) is 0 Å². The predicted octanol–water partition coefficient (Wildman–Crippen LogP) is 2.55. The summed E-state index contributed by atoms with van der Waals surface area (Å²) in [6.07, 6.45) is 5.33. The average Bonchev–Trinajstić information content (AvgIpc) is 2.61. The lowest BCUT2D eigenvalue weighted by molar-refractivity contribution is -0.115. The second-order valence-corrected chi connectivity index (χ2v) is 5.46. The van der Waals surface area contributed by atoms with E-state index in [1.807, 2.05) is 25.1 Å². The molecule has 0 aromatic heterocycles. The summed E-state index contributed by atoms with van der Waals surface area (Å²) in [5, 5.41) is 5.37. The summed E-state index contributed by atoms with van der Waals surface area (Å²) >= 11 is 0. The minimum atomic E-state index is -0.328. The summed E-state index contributed by atoms with van der Waals surface area (Å²) in [5.41, 5.74) is 2.64. The Balaban J connectivity index is 2.11. The number of benzene rings is 2. The number of carbonyl (C=O) groups is 2. The third kappa shape index (κ3) is 4.85. The van der Waals surface area contributed by atoms with Crippen LogP contribution in [0.2, 0.25) is 0 Å². The van der Waals surface area contributed by atoms with E-state index >= 15 is 0 Å². The number of nitrogens with one attached hydrogen (secondary N) is 2. The van der Waals surface area contributed by atoms with Crippen molar-refractivity contribution in [2.24, 2.45) is 0 Å². The summed E-state index contributed by atoms with van der Waals surface area (Å²) in [5.74, 6) is 2.53. The second kappa shape index (κ2) is 8.55. The van der Waals surface area contributed by atoms with Crippen LogP contribution in [-0.4, -0.2) is 25.5 Å². The SMILES string of the molecule is C#CCNC(=O)c1ccccc1NC(=O)Cc1ccc(C)c(OC)c1. The van der Waals surface area contributed by atoms with Crippen LogP contribution in [0.25, 0.3) is 0 Å². The Morgan fingerprint density at radius 2 is 1.96 bits per heavy atom. The predicted molar refractivity (Wildman–Crippen MR) is 97.7 cm³/mol. The molecule has 2 amide bonds. The molecule has 2 aromatic rings. The van der Waals surface area contributed by atoms with Crippen molar-refractivity contribution in [1.29, 1.82) is 0 Å². The summed E-state index contributed by atoms with van der Waals surface area (Å²) < 4.78 is 5.27. The number of terminal acetylenes is 1. The molecule has 0 bridgehead atoms. The second-order valence-electron chi connectivity index (χ2n) is 5.46. The first kappa shape index (κ1) is 18.1. The molecule has 2 N–H and O–H groups in total. The number of hydrogen-bond acceptors (Lipinski definition) is 3. The molecule has 0 saturated heterocycles. The topological polar surface area (TPSA) is 67.4 Å². The lowest BCUT2D eigenvalue weighted by Crippen LogP contribution is -2.25. The molecule has 5 nitrogen and oxygen atoms in total. The first-order chi connectivity index (χ1) is 12.0. The third-order valence-electron chi connectivity index (χ3n) is 3.63. The number of amides is 2. The number of ether oxygens (including phenoxy) is 1. The van der Waals surface area contributed by atoms with E-state index in [0.717, 1.165) is 16.9 Å². The van der Waals surface area contributed by atoms with Gasteiger partial charge in [0.1, 0.15) is 5.75 Å². The van der Waals surface area contributed by atoms with Crippen LogP contribution in [0, 0.1) is 19.3 Å². The minimum absolute atomic E-state index is 0.129. The van der Waals surface area contributed by atoms with Gasteiger partial charge in [0.15, 0.2) is 0 Å². The van der Waals surface area contributed by atoms with Gasteiger partial charge in [-0.2, -0.15) is 0 Å². The maximum atomic E-state index is 12.3. The molecule has 2 aromatic carbocycles. The highest BCUT2D eigenvalue weighted by molar-refractivity contribution is 6.04. The molecule has 0 radical (unpaired) electrons. The van der Waals surface area contributed by atoms with E-state index in [1.54, 1.807) is 31.4 Å². The van der Waals surface area contributed by atoms with Crippen LogP contribution in [0.1, 0.15) is 21.5 Å². The standard InChI is InChI=1S/C20H20N2O3/c1-4-11-21-20(24)16-7-5-6-8-17(16)22-19(23)13-15-10-9-14(2)18(12-15)25-3/h1,5-10,12H,11,13H2,2-3H3,(H,21,24)(H,22,23). The number of hydrogen-bond donors (Lipinski definition) is 2. The highest BCUT2D eigenvalue weighted by Crippen LogP contribution is 2.20. The fourth-order valence-corrected chi connectivity index (χ4v) is 2.37. The molecule has 5 heteroatoms. The molecule has 0 spiro atoms. The van der Waals surface area contributed by atoms with E-state index in [-0.39, 0.29) is 24.8 Å². The monoisotopic (exact) mass is 336 g/mol. The minimum Gasteiger partial charge on any atom is -0.496 e. The number of rotatable bonds is 6. The zero-order valence-electron chi connectivity index (χ0n) is 14.3. The van der Waals surface area contributed by atoms with Gasteiger partial charge in [-0.05, 0) is 36.2 Å². The maximum Gasteiger partial charge on any atom is 0.254 e. The highest BCUT2D eigenvalue weighted by atomic mass is 16.5. The molecule has 0 saturated carbocycles. The van der Waals surface area contributed by atoms with Crippen LogP contribution in [0.15, 0.2) is 42.5 Å². The van der Waals surface area contributed by atoms with Gasteiger partial charge in [-0.25, -0.2) is 0 Å². The van der Waals surface area contributed by atoms with E-state index in [1.165, 1.54) is 0 Å². The molecule has 0 aliphatic heterocycles. The Morgan fingerprint density at radius 3 is 2.68 bits per heavy atom. The number of anilines is 1. The van der Waals surface area contributed by atoms with Gasteiger partial charge in [-0.1, -0.05) is 30.2 Å². The van der Waals surface area contributed by atoms with Crippen molar-refractivity contribution < 1.29 is 14.3 Å². The third-order valence-corrected chi connectivity index (χ3v) is 3.63. The van der Waals surface area contributed by atoms with Gasteiger partial charge in [0.2, 0.25) is 5.91 Å². The number of methoxy groups -OCH3 is 1. The van der Waals surface area contributed by atoms with Crippen molar-refractivity contribution in [3.8, 4) is 18.1 Å². The molecule has 0 fully saturated rings. The molecule has 25 heavy (non-hydrogen) atoms. The van der Waals surface area contributed by atoms with Crippen LogP contribution in [-0.2, 0) is 11.2 Å². The van der Waals surface area contributed by atoms with Crippen molar-refractivity contribution in [2.75, 3.05) is 19.0 Å². The smallest absolute Gasteiger partial charge is 0.254 e. The maximum absolute atomic E-state index is 12.3. The first-order valence-electron chi connectivity index (χ1n) is 7.79. The van der Waals surface area contributed by atoms with Crippen LogP contribution < -0.4 is 15.4 Å². The summed E-state index contributed by atoms with van der Waals surface area (Å²) in [6.45, 7) is 2.07. The van der Waals surface area contributed by atoms with Crippen LogP contribution in [0.4, 0.5) is 5.69 Å². The average molecular weight is 336 g/mol. The van der Waals surface area contributed by atoms with Crippen molar-refractivity contribution >= 4 is 17.5 Å². The Labute approximate surface area is 147 Å². The largest absolute Gasteiger partial charge is 0.496 e. The molecule has 0 aliphatic rings. The molecule has 128 valence electrons. The zero-order chi connectivity index (χ0) is 18.2. The quantitative estimate of drug-likeness (QED) is 0.797. The molecule has 0 atom stereocenters. The normalized spacial score (nSPS) is 9.80. The lowest BCUT2D eigenvalue weighted by Gasteiger charge is -2.11. The highest BCUT2D eigenvalue weighted by Gasteiger charge is 2.13. The summed E-state index contributed by atoms with van der Waals surface area (Å²) in [4.78, 5) is 24.4. The Hall–Kier alpha value is -3.26. The zero-order valence-corrected chi connectivity index (χ0v) is 14.3. The van der Waals surface area contributed by atoms with E-state index < -0.39 is 0 Å². The fraction of sp³-hybridized carbons (Fsp3) is 0.200. The van der Waals surface area contributed by atoms with Gasteiger partial charge in [0.05, 0.1) is 31.3 Å². The summed E-state index contributed by atoms with van der Waals surface area (Å²) in [6, 6.07) is 12.4. The van der Waals surface area contributed by atoms with Crippen molar-refractivity contribution in [3.05, 3.63) is 59.2 Å². The van der Waals surface area contributed by atoms with E-state index in [2.05, 4.69) is 16.6 Å². The number of carbonyl (C=O) groups excluding carboxylic acids is 2. The van der Waals surface area contributed by atoms with E-state index in [9.17, 15) is 9.59 Å².